The predicted octanol–water partition coefficient (Wildman–Crippen LogP) is 4.44. The Bertz CT molecular complexity index is 774. The Morgan fingerprint density at radius 3 is 3.00 bits per heavy atom. The van der Waals surface area contributed by atoms with E-state index in [0.717, 1.165) is 9.90 Å². The molecule has 0 bridgehead atoms. The Labute approximate surface area is 135 Å². The fraction of sp³-hybridized carbons (Fsp3) is 0.200. The summed E-state index contributed by atoms with van der Waals surface area (Å²) in [7, 11) is 0. The molecule has 2 aromatic heterocycles. The second-order valence-electron chi connectivity index (χ2n) is 4.76. The molecule has 22 heavy (non-hydrogen) atoms. The van der Waals surface area contributed by atoms with E-state index in [-0.39, 0.29) is 11.9 Å². The summed E-state index contributed by atoms with van der Waals surface area (Å²) in [6.45, 7) is 2.54. The standard InChI is InChI=1S/C15H13ClFN3OS/c1-9(18-8-13-12(16)5-6-22-13)15-19-14(20-21-15)10-3-2-4-11(17)7-10/h2-7,9,18H,8H2,1H3. The maximum atomic E-state index is 13.2. The average molecular weight is 338 g/mol. The van der Waals surface area contributed by atoms with Crippen LogP contribution in [0, 0.1) is 5.82 Å². The van der Waals surface area contributed by atoms with Crippen LogP contribution < -0.4 is 5.32 Å². The maximum Gasteiger partial charge on any atom is 0.243 e. The van der Waals surface area contributed by atoms with Gasteiger partial charge in [0.05, 0.1) is 11.1 Å². The summed E-state index contributed by atoms with van der Waals surface area (Å²) >= 11 is 7.64. The number of aromatic nitrogens is 2. The van der Waals surface area contributed by atoms with Gasteiger partial charge in [-0.15, -0.1) is 11.3 Å². The molecule has 0 saturated carbocycles. The predicted molar refractivity (Wildman–Crippen MR) is 84.3 cm³/mol. The molecule has 0 amide bonds. The van der Waals surface area contributed by atoms with Crippen molar-refractivity contribution >= 4 is 22.9 Å². The number of hydrogen-bond acceptors (Lipinski definition) is 5. The van der Waals surface area contributed by atoms with Crippen LogP contribution in [0.3, 0.4) is 0 Å². The molecule has 0 aliphatic carbocycles. The van der Waals surface area contributed by atoms with Gasteiger partial charge in [-0.1, -0.05) is 28.9 Å². The number of thiophene rings is 1. The van der Waals surface area contributed by atoms with Gasteiger partial charge in [0.2, 0.25) is 11.7 Å². The monoisotopic (exact) mass is 337 g/mol. The minimum absolute atomic E-state index is 0.132. The summed E-state index contributed by atoms with van der Waals surface area (Å²) in [5.41, 5.74) is 0.587. The number of rotatable bonds is 5. The van der Waals surface area contributed by atoms with E-state index in [4.69, 9.17) is 16.1 Å². The van der Waals surface area contributed by atoms with Crippen LogP contribution in [-0.4, -0.2) is 10.1 Å². The number of hydrogen-bond donors (Lipinski definition) is 1. The normalized spacial score (nSPS) is 12.5. The van der Waals surface area contributed by atoms with Gasteiger partial charge >= 0.3 is 0 Å². The van der Waals surface area contributed by atoms with Crippen molar-refractivity contribution in [3.8, 4) is 11.4 Å². The average Bonchev–Trinajstić information content (AvgIpc) is 3.14. The summed E-state index contributed by atoms with van der Waals surface area (Å²) in [5, 5.41) is 9.86. The summed E-state index contributed by atoms with van der Waals surface area (Å²) < 4.78 is 18.5. The van der Waals surface area contributed by atoms with E-state index >= 15 is 0 Å². The Morgan fingerprint density at radius 2 is 2.27 bits per heavy atom. The highest BCUT2D eigenvalue weighted by atomic mass is 35.5. The second kappa shape index (κ2) is 6.56. The SMILES string of the molecule is CC(NCc1sccc1Cl)c1nc(-c2cccc(F)c2)no1. The van der Waals surface area contributed by atoms with Crippen molar-refractivity contribution in [2.75, 3.05) is 0 Å². The Kier molecular flexibility index (Phi) is 4.52. The zero-order valence-electron chi connectivity index (χ0n) is 11.7. The molecule has 1 aromatic carbocycles. The minimum atomic E-state index is -0.331. The van der Waals surface area contributed by atoms with Crippen molar-refractivity contribution in [3.63, 3.8) is 0 Å². The van der Waals surface area contributed by atoms with E-state index in [1.54, 1.807) is 23.5 Å². The van der Waals surface area contributed by atoms with Crippen molar-refractivity contribution in [2.24, 2.45) is 0 Å². The van der Waals surface area contributed by atoms with E-state index in [1.807, 2.05) is 18.4 Å². The van der Waals surface area contributed by atoms with Crippen molar-refractivity contribution < 1.29 is 8.91 Å². The number of nitrogens with zero attached hydrogens (tertiary/aromatic N) is 2. The van der Waals surface area contributed by atoms with Gasteiger partial charge in [-0.3, -0.25) is 0 Å². The molecule has 1 N–H and O–H groups in total. The minimum Gasteiger partial charge on any atom is -0.337 e. The molecule has 0 spiro atoms. The molecule has 4 nitrogen and oxygen atoms in total. The lowest BCUT2D eigenvalue weighted by Gasteiger charge is -2.08. The molecule has 114 valence electrons. The Balaban J connectivity index is 1.69. The second-order valence-corrected chi connectivity index (χ2v) is 6.17. The van der Waals surface area contributed by atoms with Crippen molar-refractivity contribution in [1.29, 1.82) is 0 Å². The van der Waals surface area contributed by atoms with Gasteiger partial charge < -0.3 is 9.84 Å². The van der Waals surface area contributed by atoms with Crippen molar-refractivity contribution in [1.82, 2.24) is 15.5 Å². The Hall–Kier alpha value is -1.76. The molecular weight excluding hydrogens is 325 g/mol. The van der Waals surface area contributed by atoms with Crippen LogP contribution >= 0.6 is 22.9 Å². The van der Waals surface area contributed by atoms with E-state index in [2.05, 4.69) is 15.5 Å². The van der Waals surface area contributed by atoms with E-state index in [0.29, 0.717) is 23.8 Å². The molecule has 1 atom stereocenters. The summed E-state index contributed by atoms with van der Waals surface area (Å²) in [6.07, 6.45) is 0. The molecule has 3 aromatic rings. The molecule has 0 fully saturated rings. The Morgan fingerprint density at radius 1 is 1.41 bits per heavy atom. The third kappa shape index (κ3) is 3.35. The molecule has 1 unspecified atom stereocenters. The van der Waals surface area contributed by atoms with Gasteiger partial charge in [0, 0.05) is 17.0 Å². The first-order valence-corrected chi connectivity index (χ1v) is 7.94. The largest absolute Gasteiger partial charge is 0.337 e. The van der Waals surface area contributed by atoms with E-state index < -0.39 is 0 Å². The topological polar surface area (TPSA) is 51.0 Å². The van der Waals surface area contributed by atoms with E-state index in [9.17, 15) is 4.39 Å². The lowest BCUT2D eigenvalue weighted by Crippen LogP contribution is -2.17. The molecule has 2 heterocycles. The molecule has 7 heteroatoms. The van der Waals surface area contributed by atoms with Crippen LogP contribution in [0.15, 0.2) is 40.2 Å². The molecule has 0 aliphatic heterocycles. The van der Waals surface area contributed by atoms with Gasteiger partial charge in [0.1, 0.15) is 5.82 Å². The third-order valence-electron chi connectivity index (χ3n) is 3.15. The summed E-state index contributed by atoms with van der Waals surface area (Å²) in [5.74, 6) is 0.492. The molecule has 0 saturated heterocycles. The quantitative estimate of drug-likeness (QED) is 0.747. The highest BCUT2D eigenvalue weighted by Gasteiger charge is 2.15. The molecule has 0 aliphatic rings. The van der Waals surface area contributed by atoms with Crippen molar-refractivity contribution in [3.05, 3.63) is 57.3 Å². The lowest BCUT2D eigenvalue weighted by atomic mass is 10.2. The van der Waals surface area contributed by atoms with Gasteiger partial charge in [-0.05, 0) is 30.5 Å². The fourth-order valence-corrected chi connectivity index (χ4v) is 2.99. The summed E-state index contributed by atoms with van der Waals surface area (Å²) in [4.78, 5) is 5.36. The lowest BCUT2D eigenvalue weighted by molar-refractivity contribution is 0.339. The summed E-state index contributed by atoms with van der Waals surface area (Å²) in [6, 6.07) is 7.83. The highest BCUT2D eigenvalue weighted by molar-refractivity contribution is 7.10. The van der Waals surface area contributed by atoms with Crippen LogP contribution in [0.5, 0.6) is 0 Å². The molecule has 0 radical (unpaired) electrons. The van der Waals surface area contributed by atoms with Crippen LogP contribution in [0.4, 0.5) is 4.39 Å². The first-order chi connectivity index (χ1) is 10.6. The molecular formula is C15H13ClFN3OS. The van der Waals surface area contributed by atoms with Gasteiger partial charge in [-0.25, -0.2) is 4.39 Å². The zero-order chi connectivity index (χ0) is 15.5. The maximum absolute atomic E-state index is 13.2. The zero-order valence-corrected chi connectivity index (χ0v) is 13.3. The highest BCUT2D eigenvalue weighted by Crippen LogP contribution is 2.23. The van der Waals surface area contributed by atoms with Crippen LogP contribution in [-0.2, 0) is 6.54 Å². The van der Waals surface area contributed by atoms with Crippen LogP contribution in [0.1, 0.15) is 23.7 Å². The number of benzene rings is 1. The van der Waals surface area contributed by atoms with Crippen molar-refractivity contribution in [2.45, 2.75) is 19.5 Å². The van der Waals surface area contributed by atoms with Crippen LogP contribution in [0.25, 0.3) is 11.4 Å². The number of halogens is 2. The fourth-order valence-electron chi connectivity index (χ4n) is 1.94. The van der Waals surface area contributed by atoms with Gasteiger partial charge in [-0.2, -0.15) is 4.98 Å². The third-order valence-corrected chi connectivity index (χ3v) is 4.54. The van der Waals surface area contributed by atoms with Gasteiger partial charge in [0.25, 0.3) is 0 Å². The van der Waals surface area contributed by atoms with E-state index in [1.165, 1.54) is 12.1 Å². The van der Waals surface area contributed by atoms with Crippen LogP contribution in [0.2, 0.25) is 5.02 Å². The first-order valence-electron chi connectivity index (χ1n) is 6.68. The first kappa shape index (κ1) is 15.1. The molecule has 3 rings (SSSR count). The smallest absolute Gasteiger partial charge is 0.243 e. The van der Waals surface area contributed by atoms with Gasteiger partial charge in [0.15, 0.2) is 0 Å². The number of nitrogens with one attached hydrogen (secondary N) is 1.